The van der Waals surface area contributed by atoms with Crippen LogP contribution >= 0.6 is 0 Å². The minimum atomic E-state index is -0.814. The average Bonchev–Trinajstić information content (AvgIpc) is 3.18. The van der Waals surface area contributed by atoms with Crippen molar-refractivity contribution >= 4 is 22.6 Å². The molecule has 0 saturated carbocycles. The van der Waals surface area contributed by atoms with Crippen molar-refractivity contribution in [3.63, 3.8) is 0 Å². The largest absolute Gasteiger partial charge is 0.497 e. The Kier molecular flexibility index (Phi) is 5.24. The molecule has 7 heteroatoms. The molecule has 168 valence electrons. The molecule has 4 aromatic rings. The van der Waals surface area contributed by atoms with Gasteiger partial charge in [-0.3, -0.25) is 0 Å². The molecule has 2 N–H and O–H groups in total. The average molecular weight is 447 g/mol. The van der Waals surface area contributed by atoms with Crippen molar-refractivity contribution < 1.29 is 18.3 Å². The van der Waals surface area contributed by atoms with Gasteiger partial charge in [0.15, 0.2) is 0 Å². The van der Waals surface area contributed by atoms with Crippen molar-refractivity contribution in [2.45, 2.75) is 19.4 Å². The summed E-state index contributed by atoms with van der Waals surface area (Å²) < 4.78 is 32.9. The Morgan fingerprint density at radius 2 is 1.88 bits per heavy atom. The zero-order valence-corrected chi connectivity index (χ0v) is 18.3. The predicted octanol–water partition coefficient (Wildman–Crippen LogP) is 5.94. The maximum Gasteiger partial charge on any atom is 0.322 e. The van der Waals surface area contributed by atoms with Crippen molar-refractivity contribution in [2.75, 3.05) is 19.0 Å². The summed E-state index contributed by atoms with van der Waals surface area (Å²) in [4.78, 5) is 18.5. The topological polar surface area (TPSA) is 57.4 Å². The Morgan fingerprint density at radius 3 is 2.61 bits per heavy atom. The fraction of sp³-hybridized carbons (Fsp3) is 0.192. The van der Waals surface area contributed by atoms with Crippen LogP contribution in [0.5, 0.6) is 5.75 Å². The smallest absolute Gasteiger partial charge is 0.322 e. The number of nitrogens with zero attached hydrogens (tertiary/aromatic N) is 1. The van der Waals surface area contributed by atoms with E-state index < -0.39 is 23.7 Å². The van der Waals surface area contributed by atoms with Crippen LogP contribution < -0.4 is 10.1 Å². The first-order valence-corrected chi connectivity index (χ1v) is 10.7. The number of benzene rings is 3. The van der Waals surface area contributed by atoms with E-state index >= 15 is 0 Å². The molecule has 1 aliphatic rings. The summed E-state index contributed by atoms with van der Waals surface area (Å²) in [5.74, 6) is -0.743. The standard InChI is InChI=1S/C26H23F2N3O2/c1-15-3-5-16(6-4-15)25-24-19(20-14-18(33-2)8-10-22(20)29-24)11-12-31(25)26(32)30-23-9-7-17(27)13-21(23)28/h3-10,13-14,25,29H,11-12H2,1-2H3,(H,30,32)/t25-/m0/s1. The molecule has 1 aliphatic heterocycles. The number of aromatic nitrogens is 1. The highest BCUT2D eigenvalue weighted by atomic mass is 19.1. The van der Waals surface area contributed by atoms with Gasteiger partial charge in [0.05, 0.1) is 18.8 Å². The van der Waals surface area contributed by atoms with E-state index in [-0.39, 0.29) is 5.69 Å². The van der Waals surface area contributed by atoms with Gasteiger partial charge in [-0.05, 0) is 54.8 Å². The van der Waals surface area contributed by atoms with E-state index in [0.29, 0.717) is 13.0 Å². The number of methoxy groups -OCH3 is 1. The lowest BCUT2D eigenvalue weighted by Gasteiger charge is -2.36. The summed E-state index contributed by atoms with van der Waals surface area (Å²) in [6, 6.07) is 16.1. The van der Waals surface area contributed by atoms with Crippen LogP contribution in [0.2, 0.25) is 0 Å². The minimum absolute atomic E-state index is 0.0590. The van der Waals surface area contributed by atoms with Gasteiger partial charge >= 0.3 is 6.03 Å². The van der Waals surface area contributed by atoms with Crippen LogP contribution in [-0.4, -0.2) is 29.6 Å². The molecular formula is C26H23F2N3O2. The lowest BCUT2D eigenvalue weighted by Crippen LogP contribution is -2.43. The molecule has 5 rings (SSSR count). The highest BCUT2D eigenvalue weighted by Gasteiger charge is 2.35. The Labute approximate surface area is 190 Å². The predicted molar refractivity (Wildman–Crippen MR) is 124 cm³/mol. The summed E-state index contributed by atoms with van der Waals surface area (Å²) in [7, 11) is 1.63. The lowest BCUT2D eigenvalue weighted by atomic mass is 9.92. The number of H-pyrrole nitrogens is 1. The molecule has 2 heterocycles. The zero-order chi connectivity index (χ0) is 23.1. The number of amides is 2. The molecule has 0 radical (unpaired) electrons. The van der Waals surface area contributed by atoms with E-state index in [1.165, 1.54) is 6.07 Å². The van der Waals surface area contributed by atoms with Crippen LogP contribution in [0, 0.1) is 18.6 Å². The number of anilines is 1. The zero-order valence-electron chi connectivity index (χ0n) is 18.3. The van der Waals surface area contributed by atoms with Crippen LogP contribution in [0.1, 0.15) is 28.4 Å². The summed E-state index contributed by atoms with van der Waals surface area (Å²) in [6.45, 7) is 2.44. The molecule has 33 heavy (non-hydrogen) atoms. The van der Waals surface area contributed by atoms with Gasteiger partial charge in [-0.25, -0.2) is 13.6 Å². The van der Waals surface area contributed by atoms with E-state index in [1.54, 1.807) is 12.0 Å². The maximum atomic E-state index is 14.2. The number of hydrogen-bond donors (Lipinski definition) is 2. The fourth-order valence-electron chi connectivity index (χ4n) is 4.49. The fourth-order valence-corrected chi connectivity index (χ4v) is 4.49. The van der Waals surface area contributed by atoms with E-state index in [2.05, 4.69) is 10.3 Å². The van der Waals surface area contributed by atoms with Gasteiger partial charge in [0.1, 0.15) is 17.4 Å². The van der Waals surface area contributed by atoms with Gasteiger partial charge in [-0.1, -0.05) is 29.8 Å². The first-order chi connectivity index (χ1) is 15.9. The molecule has 0 fully saturated rings. The van der Waals surface area contributed by atoms with E-state index in [1.807, 2.05) is 49.4 Å². The molecule has 5 nitrogen and oxygen atoms in total. The molecular weight excluding hydrogens is 424 g/mol. The van der Waals surface area contributed by atoms with Crippen LogP contribution in [-0.2, 0) is 6.42 Å². The SMILES string of the molecule is COc1ccc2[nH]c3c(c2c1)CCN(C(=O)Nc1ccc(F)cc1F)[C@H]3c1ccc(C)cc1. The van der Waals surface area contributed by atoms with Crippen molar-refractivity contribution in [3.05, 3.63) is 94.7 Å². The second kappa shape index (κ2) is 8.24. The van der Waals surface area contributed by atoms with Crippen LogP contribution in [0.25, 0.3) is 10.9 Å². The molecule has 0 saturated heterocycles. The number of aromatic amines is 1. The van der Waals surface area contributed by atoms with Crippen molar-refractivity contribution in [1.29, 1.82) is 0 Å². The Morgan fingerprint density at radius 1 is 1.09 bits per heavy atom. The van der Waals surface area contributed by atoms with Gasteiger partial charge < -0.3 is 19.9 Å². The third kappa shape index (κ3) is 3.80. The van der Waals surface area contributed by atoms with Gasteiger partial charge in [-0.15, -0.1) is 0 Å². The number of halogens is 2. The maximum absolute atomic E-state index is 14.2. The first-order valence-electron chi connectivity index (χ1n) is 10.7. The third-order valence-electron chi connectivity index (χ3n) is 6.16. The number of carbonyl (C=O) groups is 1. The molecule has 1 aromatic heterocycles. The highest BCUT2D eigenvalue weighted by Crippen LogP contribution is 2.39. The van der Waals surface area contributed by atoms with Crippen molar-refractivity contribution in [3.8, 4) is 5.75 Å². The number of rotatable bonds is 3. The Hall–Kier alpha value is -3.87. The van der Waals surface area contributed by atoms with E-state index in [0.717, 1.165) is 51.2 Å². The van der Waals surface area contributed by atoms with Crippen LogP contribution in [0.3, 0.4) is 0 Å². The normalized spacial score (nSPS) is 15.4. The number of urea groups is 1. The minimum Gasteiger partial charge on any atom is -0.497 e. The Bertz CT molecular complexity index is 1350. The molecule has 2 amide bonds. The highest BCUT2D eigenvalue weighted by molar-refractivity contribution is 5.92. The van der Waals surface area contributed by atoms with Gasteiger partial charge in [0, 0.05) is 29.2 Å². The number of ether oxygens (including phenoxy) is 1. The Balaban J connectivity index is 1.58. The van der Waals surface area contributed by atoms with Gasteiger partial charge in [0.2, 0.25) is 0 Å². The second-order valence-electron chi connectivity index (χ2n) is 8.24. The monoisotopic (exact) mass is 447 g/mol. The molecule has 0 spiro atoms. The number of nitrogens with one attached hydrogen (secondary N) is 2. The number of fused-ring (bicyclic) bond motifs is 3. The lowest BCUT2D eigenvalue weighted by molar-refractivity contribution is 0.193. The molecule has 0 unspecified atom stereocenters. The number of hydrogen-bond acceptors (Lipinski definition) is 2. The molecule has 1 atom stereocenters. The quantitative estimate of drug-likeness (QED) is 0.408. The van der Waals surface area contributed by atoms with Crippen LogP contribution in [0.4, 0.5) is 19.3 Å². The van der Waals surface area contributed by atoms with Gasteiger partial charge in [-0.2, -0.15) is 0 Å². The second-order valence-corrected chi connectivity index (χ2v) is 8.24. The van der Waals surface area contributed by atoms with E-state index in [9.17, 15) is 13.6 Å². The first kappa shape index (κ1) is 21.0. The summed E-state index contributed by atoms with van der Waals surface area (Å²) in [6.07, 6.45) is 0.629. The summed E-state index contributed by atoms with van der Waals surface area (Å²) in [5, 5.41) is 3.67. The summed E-state index contributed by atoms with van der Waals surface area (Å²) in [5.41, 5.74) is 5.01. The number of carbonyl (C=O) groups excluding carboxylic acids is 1. The molecule has 0 bridgehead atoms. The third-order valence-corrected chi connectivity index (χ3v) is 6.16. The van der Waals surface area contributed by atoms with Crippen molar-refractivity contribution in [2.24, 2.45) is 0 Å². The van der Waals surface area contributed by atoms with Crippen LogP contribution in [0.15, 0.2) is 60.7 Å². The summed E-state index contributed by atoms with van der Waals surface area (Å²) >= 11 is 0. The van der Waals surface area contributed by atoms with E-state index in [4.69, 9.17) is 4.74 Å². The molecule has 0 aliphatic carbocycles. The van der Waals surface area contributed by atoms with Crippen molar-refractivity contribution in [1.82, 2.24) is 9.88 Å². The molecule has 3 aromatic carbocycles. The number of aryl methyl sites for hydroxylation is 1. The van der Waals surface area contributed by atoms with Gasteiger partial charge in [0.25, 0.3) is 0 Å².